The Bertz CT molecular complexity index is 1260. The van der Waals surface area contributed by atoms with E-state index in [-0.39, 0.29) is 6.61 Å². The molecule has 1 atom stereocenters. The van der Waals surface area contributed by atoms with Crippen LogP contribution in [0.15, 0.2) is 67.0 Å². The van der Waals surface area contributed by atoms with Gasteiger partial charge in [-0.15, -0.1) is 0 Å². The van der Waals surface area contributed by atoms with Crippen LogP contribution in [0.4, 0.5) is 5.69 Å². The monoisotopic (exact) mass is 462 g/mol. The van der Waals surface area contributed by atoms with E-state index >= 15 is 0 Å². The molecule has 170 valence electrons. The summed E-state index contributed by atoms with van der Waals surface area (Å²) < 4.78 is 7.28. The van der Waals surface area contributed by atoms with Crippen LogP contribution in [0, 0.1) is 0 Å². The van der Waals surface area contributed by atoms with Gasteiger partial charge in [-0.3, -0.25) is 0 Å². The van der Waals surface area contributed by atoms with Gasteiger partial charge in [0.05, 0.1) is 24.4 Å². The summed E-state index contributed by atoms with van der Waals surface area (Å²) in [6.07, 6.45) is 5.11. The summed E-state index contributed by atoms with van der Waals surface area (Å²) in [5, 5.41) is 14.0. The Hall–Kier alpha value is -3.06. The quantitative estimate of drug-likeness (QED) is 0.422. The van der Waals surface area contributed by atoms with Crippen LogP contribution in [0.25, 0.3) is 16.9 Å². The summed E-state index contributed by atoms with van der Waals surface area (Å²) in [5.41, 5.74) is 5.64. The zero-order valence-corrected chi connectivity index (χ0v) is 19.3. The van der Waals surface area contributed by atoms with Crippen molar-refractivity contribution >= 4 is 22.9 Å². The van der Waals surface area contributed by atoms with E-state index in [2.05, 4.69) is 46.6 Å². The first-order valence-electron chi connectivity index (χ1n) is 11.1. The molecule has 7 heteroatoms. The molecule has 4 aromatic rings. The minimum absolute atomic E-state index is 0.118. The molecule has 33 heavy (non-hydrogen) atoms. The number of hydrogen-bond acceptors (Lipinski definition) is 5. The number of imidazole rings is 1. The number of fused-ring (bicyclic) bond motifs is 1. The third-order valence-corrected chi connectivity index (χ3v) is 6.55. The molecule has 1 aliphatic heterocycles. The Morgan fingerprint density at radius 2 is 2.03 bits per heavy atom. The van der Waals surface area contributed by atoms with Crippen LogP contribution in [0.1, 0.15) is 17.5 Å². The topological polar surface area (TPSA) is 62.0 Å². The van der Waals surface area contributed by atoms with Gasteiger partial charge in [0.2, 0.25) is 0 Å². The van der Waals surface area contributed by atoms with Crippen LogP contribution in [0.5, 0.6) is 5.75 Å². The lowest BCUT2D eigenvalue weighted by atomic mass is 10.1. The molecule has 0 amide bonds. The van der Waals surface area contributed by atoms with Crippen LogP contribution in [0.3, 0.4) is 0 Å². The minimum Gasteiger partial charge on any atom is -0.495 e. The average molecular weight is 463 g/mol. The molecule has 2 N–H and O–H groups in total. The summed E-state index contributed by atoms with van der Waals surface area (Å²) in [4.78, 5) is 7.23. The van der Waals surface area contributed by atoms with E-state index in [0.717, 1.165) is 48.5 Å². The van der Waals surface area contributed by atoms with Crippen molar-refractivity contribution in [2.24, 2.45) is 0 Å². The predicted molar refractivity (Wildman–Crippen MR) is 132 cm³/mol. The van der Waals surface area contributed by atoms with E-state index in [1.807, 2.05) is 22.9 Å². The number of benzene rings is 2. The number of aromatic nitrogens is 2. The van der Waals surface area contributed by atoms with Gasteiger partial charge >= 0.3 is 0 Å². The van der Waals surface area contributed by atoms with Crippen LogP contribution < -0.4 is 15.0 Å². The molecule has 1 fully saturated rings. The predicted octanol–water partition coefficient (Wildman–Crippen LogP) is 4.52. The van der Waals surface area contributed by atoms with Gasteiger partial charge in [-0.05, 0) is 35.7 Å². The van der Waals surface area contributed by atoms with Crippen molar-refractivity contribution < 1.29 is 9.84 Å². The molecule has 5 rings (SSSR count). The number of anilines is 1. The van der Waals surface area contributed by atoms with E-state index in [4.69, 9.17) is 21.3 Å². The van der Waals surface area contributed by atoms with Gasteiger partial charge in [0.1, 0.15) is 11.4 Å². The zero-order valence-electron chi connectivity index (χ0n) is 18.5. The number of ether oxygens (including phenoxy) is 1. The van der Waals surface area contributed by atoms with Gasteiger partial charge < -0.3 is 24.5 Å². The van der Waals surface area contributed by atoms with Crippen LogP contribution in [-0.2, 0) is 13.2 Å². The highest BCUT2D eigenvalue weighted by Crippen LogP contribution is 2.34. The Balaban J connectivity index is 1.33. The lowest BCUT2D eigenvalue weighted by molar-refractivity contribution is 0.281. The Labute approximate surface area is 198 Å². The van der Waals surface area contributed by atoms with Crippen molar-refractivity contribution in [2.75, 3.05) is 25.1 Å². The zero-order chi connectivity index (χ0) is 22.8. The normalized spacial score (nSPS) is 16.0. The molecule has 1 saturated heterocycles. The summed E-state index contributed by atoms with van der Waals surface area (Å²) in [6.45, 7) is 2.75. The third kappa shape index (κ3) is 4.55. The van der Waals surface area contributed by atoms with Crippen LogP contribution in [0.2, 0.25) is 5.02 Å². The number of nitrogens with one attached hydrogen (secondary N) is 1. The number of nitrogens with zero attached hydrogens (tertiary/aromatic N) is 3. The molecule has 0 unspecified atom stereocenters. The average Bonchev–Trinajstić information content (AvgIpc) is 3.50. The molecule has 6 nitrogen and oxygen atoms in total. The first kappa shape index (κ1) is 21.8. The van der Waals surface area contributed by atoms with Gasteiger partial charge in [-0.1, -0.05) is 41.9 Å². The van der Waals surface area contributed by atoms with Crippen molar-refractivity contribution in [3.8, 4) is 17.0 Å². The van der Waals surface area contributed by atoms with Crippen LogP contribution in [-0.4, -0.2) is 40.7 Å². The third-order valence-electron chi connectivity index (χ3n) is 6.26. The Kier molecular flexibility index (Phi) is 6.22. The fraction of sp³-hybridized carbons (Fsp3) is 0.269. The first-order valence-corrected chi connectivity index (χ1v) is 11.5. The summed E-state index contributed by atoms with van der Waals surface area (Å²) >= 11 is 6.34. The van der Waals surface area contributed by atoms with Gasteiger partial charge in [0.25, 0.3) is 0 Å². The van der Waals surface area contributed by atoms with E-state index in [9.17, 15) is 5.11 Å². The molecule has 0 aliphatic carbocycles. The molecular weight excluding hydrogens is 436 g/mol. The van der Waals surface area contributed by atoms with Gasteiger partial charge in [-0.2, -0.15) is 0 Å². The molecule has 2 aromatic carbocycles. The number of aliphatic hydroxyl groups is 1. The number of methoxy groups -OCH3 is 1. The molecule has 0 spiro atoms. The second-order valence-corrected chi connectivity index (χ2v) is 8.78. The molecule has 3 heterocycles. The maximum atomic E-state index is 9.85. The fourth-order valence-electron chi connectivity index (χ4n) is 4.44. The van der Waals surface area contributed by atoms with E-state index in [0.29, 0.717) is 16.8 Å². The summed E-state index contributed by atoms with van der Waals surface area (Å²) in [5.74, 6) is 0.542. The highest BCUT2D eigenvalue weighted by Gasteiger charge is 2.23. The van der Waals surface area contributed by atoms with Crippen molar-refractivity contribution in [2.45, 2.75) is 25.6 Å². The minimum atomic E-state index is -0.118. The summed E-state index contributed by atoms with van der Waals surface area (Å²) in [7, 11) is 1.56. The van der Waals surface area contributed by atoms with E-state index in [1.54, 1.807) is 19.2 Å². The van der Waals surface area contributed by atoms with Crippen molar-refractivity contribution in [1.82, 2.24) is 14.7 Å². The molecule has 0 bridgehead atoms. The number of pyridine rings is 1. The highest BCUT2D eigenvalue weighted by molar-refractivity contribution is 6.32. The SMILES string of the molecule is COc1cc(CO)c(-c2cn3ccc(N4CC[C@H](NCc5ccccc5)C4)cc3n2)cc1Cl. The Morgan fingerprint density at radius 1 is 1.18 bits per heavy atom. The number of halogens is 1. The molecule has 0 saturated carbocycles. The van der Waals surface area contributed by atoms with E-state index in [1.165, 1.54) is 11.3 Å². The maximum Gasteiger partial charge on any atom is 0.139 e. The maximum absolute atomic E-state index is 9.85. The number of rotatable bonds is 7. The lowest BCUT2D eigenvalue weighted by Crippen LogP contribution is -2.32. The molecule has 2 aromatic heterocycles. The smallest absolute Gasteiger partial charge is 0.139 e. The second-order valence-electron chi connectivity index (χ2n) is 8.38. The standard InChI is InChI=1S/C26H27ClN4O2/c1-33-25-11-19(17-32)22(13-23(25)27)24-16-31-10-8-21(12-26(31)29-24)30-9-7-20(15-30)28-14-18-5-3-2-4-6-18/h2-6,8,10-13,16,20,28,32H,7,9,14-15,17H2,1H3/t20-/m0/s1. The Morgan fingerprint density at radius 3 is 2.82 bits per heavy atom. The molecule has 0 radical (unpaired) electrons. The lowest BCUT2D eigenvalue weighted by Gasteiger charge is -2.19. The van der Waals surface area contributed by atoms with Crippen molar-refractivity contribution in [3.05, 3.63) is 83.1 Å². The first-order chi connectivity index (χ1) is 16.1. The second kappa shape index (κ2) is 9.43. The van der Waals surface area contributed by atoms with Gasteiger partial charge in [-0.25, -0.2) is 4.98 Å². The fourth-order valence-corrected chi connectivity index (χ4v) is 4.68. The number of hydrogen-bond donors (Lipinski definition) is 2. The van der Waals surface area contributed by atoms with Crippen LogP contribution >= 0.6 is 11.6 Å². The van der Waals surface area contributed by atoms with Gasteiger partial charge in [0.15, 0.2) is 0 Å². The molecular formula is C26H27ClN4O2. The highest BCUT2D eigenvalue weighted by atomic mass is 35.5. The van der Waals surface area contributed by atoms with Crippen molar-refractivity contribution in [1.29, 1.82) is 0 Å². The summed E-state index contributed by atoms with van der Waals surface area (Å²) in [6, 6.07) is 18.8. The van der Waals surface area contributed by atoms with Gasteiger partial charge in [0, 0.05) is 55.4 Å². The molecule has 1 aliphatic rings. The van der Waals surface area contributed by atoms with E-state index < -0.39 is 0 Å². The number of aliphatic hydroxyl groups excluding tert-OH is 1. The largest absolute Gasteiger partial charge is 0.495 e. The van der Waals surface area contributed by atoms with Crippen molar-refractivity contribution in [3.63, 3.8) is 0 Å².